The third kappa shape index (κ3) is 4.49. The number of likely N-dealkylation sites (N-methyl/N-ethyl adjacent to an activating group) is 1. The van der Waals surface area contributed by atoms with Gasteiger partial charge in [-0.1, -0.05) is 0 Å². The number of carboxylic acid groups (broad SMARTS) is 1. The number of aryl methyl sites for hydroxylation is 1. The van der Waals surface area contributed by atoms with Crippen LogP contribution < -0.4 is 4.74 Å². The van der Waals surface area contributed by atoms with E-state index >= 15 is 0 Å². The Labute approximate surface area is 147 Å². The maximum atomic E-state index is 12.6. The van der Waals surface area contributed by atoms with Crippen LogP contribution in [-0.4, -0.2) is 66.5 Å². The Balaban J connectivity index is 1.95. The van der Waals surface area contributed by atoms with Crippen LogP contribution in [0.4, 0.5) is 0 Å². The number of amides is 2. The molecule has 1 aromatic carbocycles. The van der Waals surface area contributed by atoms with Crippen molar-refractivity contribution < 1.29 is 24.2 Å². The molecule has 136 valence electrons. The van der Waals surface area contributed by atoms with Gasteiger partial charge < -0.3 is 19.6 Å². The second-order valence-electron chi connectivity index (χ2n) is 6.34. The number of carbonyl (C=O) groups is 3. The van der Waals surface area contributed by atoms with Crippen LogP contribution in [0, 0.1) is 12.8 Å². The lowest BCUT2D eigenvalue weighted by Gasteiger charge is -2.31. The van der Waals surface area contributed by atoms with E-state index in [-0.39, 0.29) is 24.3 Å². The number of hydrogen-bond acceptors (Lipinski definition) is 4. The van der Waals surface area contributed by atoms with Crippen molar-refractivity contribution >= 4 is 17.8 Å². The molecule has 0 aliphatic carbocycles. The molecule has 1 aliphatic heterocycles. The molecule has 0 bridgehead atoms. The highest BCUT2D eigenvalue weighted by Gasteiger charge is 2.28. The lowest BCUT2D eigenvalue weighted by Crippen LogP contribution is -2.45. The number of piperidine rings is 1. The summed E-state index contributed by atoms with van der Waals surface area (Å²) < 4.78 is 5.13. The summed E-state index contributed by atoms with van der Waals surface area (Å²) >= 11 is 0. The van der Waals surface area contributed by atoms with Crippen molar-refractivity contribution in [1.82, 2.24) is 9.80 Å². The standard InChI is InChI=1S/C18H24N2O5/c1-12-10-14(25-3)4-5-15(12)17(22)19(2)11-16(21)20-8-6-13(7-9-20)18(23)24/h4-5,10,13H,6-9,11H2,1-3H3,(H,23,24). The summed E-state index contributed by atoms with van der Waals surface area (Å²) in [7, 11) is 3.16. The fourth-order valence-corrected chi connectivity index (χ4v) is 2.96. The third-order valence-corrected chi connectivity index (χ3v) is 4.58. The van der Waals surface area contributed by atoms with Crippen LogP contribution in [-0.2, 0) is 9.59 Å². The van der Waals surface area contributed by atoms with Gasteiger partial charge in [0.15, 0.2) is 0 Å². The van der Waals surface area contributed by atoms with Crippen molar-refractivity contribution in [3.63, 3.8) is 0 Å². The molecule has 2 rings (SSSR count). The van der Waals surface area contributed by atoms with E-state index in [2.05, 4.69) is 0 Å². The smallest absolute Gasteiger partial charge is 0.306 e. The SMILES string of the molecule is COc1ccc(C(=O)N(C)CC(=O)N2CCC(C(=O)O)CC2)c(C)c1. The van der Waals surface area contributed by atoms with Gasteiger partial charge >= 0.3 is 5.97 Å². The number of methoxy groups -OCH3 is 1. The highest BCUT2D eigenvalue weighted by molar-refractivity contribution is 5.97. The second-order valence-corrected chi connectivity index (χ2v) is 6.34. The predicted molar refractivity (Wildman–Crippen MR) is 91.6 cm³/mol. The van der Waals surface area contributed by atoms with Crippen molar-refractivity contribution in [3.8, 4) is 5.75 Å². The van der Waals surface area contributed by atoms with Crippen molar-refractivity contribution in [2.24, 2.45) is 5.92 Å². The minimum Gasteiger partial charge on any atom is -0.497 e. The Bertz CT molecular complexity index is 665. The molecule has 0 atom stereocenters. The second kappa shape index (κ2) is 8.00. The maximum absolute atomic E-state index is 12.6. The van der Waals surface area contributed by atoms with E-state index in [1.54, 1.807) is 37.3 Å². The molecule has 2 amide bonds. The van der Waals surface area contributed by atoms with E-state index in [4.69, 9.17) is 9.84 Å². The van der Waals surface area contributed by atoms with Gasteiger partial charge in [-0.25, -0.2) is 0 Å². The Morgan fingerprint density at radius 1 is 1.28 bits per heavy atom. The van der Waals surface area contributed by atoms with Gasteiger partial charge in [0.05, 0.1) is 19.6 Å². The molecular weight excluding hydrogens is 324 g/mol. The molecular formula is C18H24N2O5. The normalized spacial score (nSPS) is 14.9. The van der Waals surface area contributed by atoms with Gasteiger partial charge in [-0.3, -0.25) is 14.4 Å². The molecule has 0 unspecified atom stereocenters. The first-order valence-corrected chi connectivity index (χ1v) is 8.24. The summed E-state index contributed by atoms with van der Waals surface area (Å²) in [6.07, 6.45) is 0.909. The first-order valence-electron chi connectivity index (χ1n) is 8.24. The average Bonchev–Trinajstić information content (AvgIpc) is 2.60. The molecule has 1 aromatic rings. The average molecular weight is 348 g/mol. The number of benzene rings is 1. The molecule has 1 fully saturated rings. The number of carbonyl (C=O) groups excluding carboxylic acids is 2. The van der Waals surface area contributed by atoms with Gasteiger partial charge in [0.2, 0.25) is 5.91 Å². The number of ether oxygens (including phenoxy) is 1. The molecule has 7 heteroatoms. The Hall–Kier alpha value is -2.57. The molecule has 1 heterocycles. The van der Waals surface area contributed by atoms with E-state index in [1.165, 1.54) is 4.90 Å². The van der Waals surface area contributed by atoms with Gasteiger partial charge in [-0.2, -0.15) is 0 Å². The fraction of sp³-hybridized carbons (Fsp3) is 0.500. The molecule has 0 aromatic heterocycles. The van der Waals surface area contributed by atoms with Gasteiger partial charge in [0.25, 0.3) is 5.91 Å². The highest BCUT2D eigenvalue weighted by Crippen LogP contribution is 2.19. The van der Waals surface area contributed by atoms with E-state index in [1.807, 2.05) is 6.92 Å². The first-order chi connectivity index (χ1) is 11.8. The monoisotopic (exact) mass is 348 g/mol. The quantitative estimate of drug-likeness (QED) is 0.869. The number of nitrogens with zero attached hydrogens (tertiary/aromatic N) is 2. The van der Waals surface area contributed by atoms with Gasteiger partial charge in [0, 0.05) is 25.7 Å². The summed E-state index contributed by atoms with van der Waals surface area (Å²) in [5.74, 6) is -0.909. The number of carboxylic acids is 1. The number of aliphatic carboxylic acids is 1. The van der Waals surface area contributed by atoms with Gasteiger partial charge in [-0.15, -0.1) is 0 Å². The zero-order valence-electron chi connectivity index (χ0n) is 14.8. The molecule has 1 aliphatic rings. The van der Waals surface area contributed by atoms with Crippen molar-refractivity contribution in [1.29, 1.82) is 0 Å². The summed E-state index contributed by atoms with van der Waals surface area (Å²) in [6, 6.07) is 5.18. The molecule has 0 radical (unpaired) electrons. The lowest BCUT2D eigenvalue weighted by molar-refractivity contribution is -0.145. The van der Waals surface area contributed by atoms with E-state index < -0.39 is 5.97 Å². The molecule has 7 nitrogen and oxygen atoms in total. The Morgan fingerprint density at radius 2 is 1.92 bits per heavy atom. The number of likely N-dealkylation sites (tertiary alicyclic amines) is 1. The van der Waals surface area contributed by atoms with Crippen molar-refractivity contribution in [2.75, 3.05) is 33.8 Å². The van der Waals surface area contributed by atoms with Crippen molar-refractivity contribution in [3.05, 3.63) is 29.3 Å². The minimum absolute atomic E-state index is 0.0258. The van der Waals surface area contributed by atoms with E-state index in [0.717, 1.165) is 5.56 Å². The van der Waals surface area contributed by atoms with E-state index in [9.17, 15) is 14.4 Å². The van der Waals surface area contributed by atoms with Crippen LogP contribution in [0.2, 0.25) is 0 Å². The van der Waals surface area contributed by atoms with Crippen LogP contribution in [0.25, 0.3) is 0 Å². The number of rotatable bonds is 5. The molecule has 1 N–H and O–H groups in total. The Morgan fingerprint density at radius 3 is 2.44 bits per heavy atom. The van der Waals surface area contributed by atoms with Crippen LogP contribution >= 0.6 is 0 Å². The molecule has 1 saturated heterocycles. The van der Waals surface area contributed by atoms with Gasteiger partial charge in [-0.05, 0) is 43.5 Å². The summed E-state index contributed by atoms with van der Waals surface area (Å²) in [5, 5.41) is 9.01. The topological polar surface area (TPSA) is 87.2 Å². The lowest BCUT2D eigenvalue weighted by atomic mass is 9.97. The maximum Gasteiger partial charge on any atom is 0.306 e. The van der Waals surface area contributed by atoms with Gasteiger partial charge in [0.1, 0.15) is 5.75 Å². The number of hydrogen-bond donors (Lipinski definition) is 1. The third-order valence-electron chi connectivity index (χ3n) is 4.58. The van der Waals surface area contributed by atoms with Crippen LogP contribution in [0.5, 0.6) is 5.75 Å². The van der Waals surface area contributed by atoms with E-state index in [0.29, 0.717) is 37.2 Å². The first kappa shape index (κ1) is 18.8. The largest absolute Gasteiger partial charge is 0.497 e. The van der Waals surface area contributed by atoms with Crippen LogP contribution in [0.15, 0.2) is 18.2 Å². The molecule has 0 spiro atoms. The van der Waals surface area contributed by atoms with Crippen molar-refractivity contribution in [2.45, 2.75) is 19.8 Å². The molecule has 25 heavy (non-hydrogen) atoms. The van der Waals surface area contributed by atoms with Crippen LogP contribution in [0.3, 0.4) is 0 Å². The predicted octanol–water partition coefficient (Wildman–Crippen LogP) is 1.40. The Kier molecular flexibility index (Phi) is 6.01. The summed E-state index contributed by atoms with van der Waals surface area (Å²) in [4.78, 5) is 38.9. The summed E-state index contributed by atoms with van der Waals surface area (Å²) in [5.41, 5.74) is 1.31. The van der Waals surface area contributed by atoms with Crippen LogP contribution in [0.1, 0.15) is 28.8 Å². The highest BCUT2D eigenvalue weighted by atomic mass is 16.5. The minimum atomic E-state index is -0.811. The summed E-state index contributed by atoms with van der Waals surface area (Å²) in [6.45, 7) is 2.63. The zero-order chi connectivity index (χ0) is 18.6. The molecule has 0 saturated carbocycles. The zero-order valence-corrected chi connectivity index (χ0v) is 14.8. The fourth-order valence-electron chi connectivity index (χ4n) is 2.96.